The summed E-state index contributed by atoms with van der Waals surface area (Å²) < 4.78 is 0. The zero-order chi connectivity index (χ0) is 13.0. The molecule has 1 aromatic rings. The van der Waals surface area contributed by atoms with E-state index in [1.54, 1.807) is 0 Å². The highest BCUT2D eigenvalue weighted by Gasteiger charge is 2.20. The minimum absolute atomic E-state index is 0.0427. The summed E-state index contributed by atoms with van der Waals surface area (Å²) in [6, 6.07) is 7.73. The van der Waals surface area contributed by atoms with Gasteiger partial charge in [-0.05, 0) is 37.3 Å². The van der Waals surface area contributed by atoms with E-state index in [0.717, 1.165) is 31.2 Å². The molecule has 0 saturated heterocycles. The van der Waals surface area contributed by atoms with Crippen molar-refractivity contribution in [3.05, 3.63) is 34.9 Å². The van der Waals surface area contributed by atoms with Crippen LogP contribution in [0.15, 0.2) is 24.3 Å². The van der Waals surface area contributed by atoms with Crippen LogP contribution in [0.3, 0.4) is 0 Å². The molecule has 0 spiro atoms. The van der Waals surface area contributed by atoms with Gasteiger partial charge in [-0.2, -0.15) is 0 Å². The molecule has 0 unspecified atom stereocenters. The Labute approximate surface area is 118 Å². The molecule has 0 aromatic heterocycles. The molecule has 1 saturated carbocycles. The van der Waals surface area contributed by atoms with Gasteiger partial charge in [0.15, 0.2) is 0 Å². The number of carbonyl (C=O) groups is 1. The topological polar surface area (TPSA) is 29.1 Å². The molecule has 0 heterocycles. The Morgan fingerprint density at radius 2 is 1.89 bits per heavy atom. The van der Waals surface area contributed by atoms with Crippen molar-refractivity contribution in [2.75, 3.05) is 0 Å². The molecule has 1 aliphatic carbocycles. The van der Waals surface area contributed by atoms with Crippen molar-refractivity contribution in [3.63, 3.8) is 0 Å². The van der Waals surface area contributed by atoms with Gasteiger partial charge in [-0.15, -0.1) is 11.6 Å². The molecule has 0 bridgehead atoms. The van der Waals surface area contributed by atoms with Crippen molar-refractivity contribution in [1.82, 2.24) is 5.32 Å². The third kappa shape index (κ3) is 3.89. The first-order valence-corrected chi connectivity index (χ1v) is 7.13. The van der Waals surface area contributed by atoms with Gasteiger partial charge in [0.25, 0.3) is 0 Å². The van der Waals surface area contributed by atoms with E-state index in [9.17, 15) is 4.79 Å². The summed E-state index contributed by atoms with van der Waals surface area (Å²) in [7, 11) is 0. The van der Waals surface area contributed by atoms with Gasteiger partial charge in [0, 0.05) is 16.4 Å². The van der Waals surface area contributed by atoms with Gasteiger partial charge in [0.05, 0.1) is 6.42 Å². The first-order chi connectivity index (χ1) is 8.65. The van der Waals surface area contributed by atoms with Crippen LogP contribution in [0.5, 0.6) is 0 Å². The highest BCUT2D eigenvalue weighted by atomic mass is 35.5. The van der Waals surface area contributed by atoms with Crippen LogP contribution in [0.2, 0.25) is 5.02 Å². The molecule has 4 heteroatoms. The Bertz CT molecular complexity index is 414. The molecule has 0 aliphatic heterocycles. The summed E-state index contributed by atoms with van der Waals surface area (Å²) in [5, 5.41) is 3.99. The Morgan fingerprint density at radius 1 is 1.22 bits per heavy atom. The third-order valence-electron chi connectivity index (χ3n) is 3.33. The second-order valence-electron chi connectivity index (χ2n) is 4.78. The maximum Gasteiger partial charge on any atom is 0.224 e. The molecule has 1 aromatic carbocycles. The average Bonchev–Trinajstić information content (AvgIpc) is 2.35. The molecular weight excluding hydrogens is 269 g/mol. The van der Waals surface area contributed by atoms with E-state index in [0.29, 0.717) is 11.4 Å². The predicted molar refractivity (Wildman–Crippen MR) is 75.2 cm³/mol. The molecule has 1 N–H and O–H groups in total. The van der Waals surface area contributed by atoms with E-state index < -0.39 is 0 Å². The SMILES string of the molecule is O=C(Cc1ccccc1Cl)NC1CCC(Cl)CC1. The second-order valence-corrected chi connectivity index (χ2v) is 5.81. The van der Waals surface area contributed by atoms with E-state index in [4.69, 9.17) is 23.2 Å². The van der Waals surface area contributed by atoms with Gasteiger partial charge in [0.2, 0.25) is 5.91 Å². The lowest BCUT2D eigenvalue weighted by Crippen LogP contribution is -2.38. The van der Waals surface area contributed by atoms with Gasteiger partial charge in [-0.25, -0.2) is 0 Å². The Balaban J connectivity index is 1.84. The van der Waals surface area contributed by atoms with Crippen LogP contribution in [0.25, 0.3) is 0 Å². The van der Waals surface area contributed by atoms with Crippen molar-refractivity contribution < 1.29 is 4.79 Å². The van der Waals surface area contributed by atoms with Gasteiger partial charge in [0.1, 0.15) is 0 Å². The van der Waals surface area contributed by atoms with E-state index in [-0.39, 0.29) is 17.3 Å². The van der Waals surface area contributed by atoms with Crippen LogP contribution in [0.1, 0.15) is 31.2 Å². The number of hydrogen-bond acceptors (Lipinski definition) is 1. The highest BCUT2D eigenvalue weighted by molar-refractivity contribution is 6.31. The summed E-state index contributed by atoms with van der Waals surface area (Å²) in [5.41, 5.74) is 0.877. The summed E-state index contributed by atoms with van der Waals surface area (Å²) >= 11 is 12.1. The third-order valence-corrected chi connectivity index (χ3v) is 4.14. The van der Waals surface area contributed by atoms with Crippen LogP contribution in [0.4, 0.5) is 0 Å². The second kappa shape index (κ2) is 6.44. The summed E-state index contributed by atoms with van der Waals surface area (Å²) in [6.45, 7) is 0. The minimum atomic E-state index is 0.0427. The first kappa shape index (κ1) is 13.7. The molecular formula is C14H17Cl2NO. The number of halogens is 2. The van der Waals surface area contributed by atoms with Gasteiger partial charge >= 0.3 is 0 Å². The van der Waals surface area contributed by atoms with E-state index in [1.807, 2.05) is 24.3 Å². The molecule has 1 fully saturated rings. The summed E-state index contributed by atoms with van der Waals surface area (Å²) in [4.78, 5) is 11.9. The molecule has 0 atom stereocenters. The normalized spacial score (nSPS) is 23.7. The largest absolute Gasteiger partial charge is 0.353 e. The van der Waals surface area contributed by atoms with Crippen LogP contribution >= 0.6 is 23.2 Å². The van der Waals surface area contributed by atoms with Crippen LogP contribution in [-0.4, -0.2) is 17.3 Å². The van der Waals surface area contributed by atoms with Crippen molar-refractivity contribution in [3.8, 4) is 0 Å². The number of rotatable bonds is 3. The fourth-order valence-electron chi connectivity index (χ4n) is 2.29. The average molecular weight is 286 g/mol. The lowest BCUT2D eigenvalue weighted by atomic mass is 9.95. The lowest BCUT2D eigenvalue weighted by molar-refractivity contribution is -0.121. The van der Waals surface area contributed by atoms with Crippen molar-refractivity contribution in [2.45, 2.75) is 43.5 Å². The predicted octanol–water partition coefficient (Wildman–Crippen LogP) is 3.55. The molecule has 1 aliphatic rings. The molecule has 2 nitrogen and oxygen atoms in total. The quantitative estimate of drug-likeness (QED) is 0.846. The first-order valence-electron chi connectivity index (χ1n) is 6.32. The molecule has 98 valence electrons. The number of nitrogens with one attached hydrogen (secondary N) is 1. The van der Waals surface area contributed by atoms with Gasteiger partial charge in [-0.1, -0.05) is 29.8 Å². The fraction of sp³-hybridized carbons (Fsp3) is 0.500. The number of carbonyl (C=O) groups excluding carboxylic acids is 1. The fourth-order valence-corrected chi connectivity index (χ4v) is 2.75. The van der Waals surface area contributed by atoms with Crippen LogP contribution in [0, 0.1) is 0 Å². The lowest BCUT2D eigenvalue weighted by Gasteiger charge is -2.25. The molecule has 0 radical (unpaired) electrons. The number of alkyl halides is 1. The van der Waals surface area contributed by atoms with Crippen molar-refractivity contribution in [1.29, 1.82) is 0 Å². The summed E-state index contributed by atoms with van der Waals surface area (Å²) in [5.74, 6) is 0.0427. The van der Waals surface area contributed by atoms with Gasteiger partial charge < -0.3 is 5.32 Å². The Hall–Kier alpha value is -0.730. The van der Waals surface area contributed by atoms with Crippen LogP contribution < -0.4 is 5.32 Å². The molecule has 2 rings (SSSR count). The van der Waals surface area contributed by atoms with E-state index >= 15 is 0 Å². The number of benzene rings is 1. The highest BCUT2D eigenvalue weighted by Crippen LogP contribution is 2.23. The maximum atomic E-state index is 11.9. The van der Waals surface area contributed by atoms with Crippen molar-refractivity contribution >= 4 is 29.1 Å². The minimum Gasteiger partial charge on any atom is -0.353 e. The zero-order valence-corrected chi connectivity index (χ0v) is 11.7. The van der Waals surface area contributed by atoms with E-state index in [1.165, 1.54) is 0 Å². The summed E-state index contributed by atoms with van der Waals surface area (Å²) in [6.07, 6.45) is 4.27. The van der Waals surface area contributed by atoms with Crippen LogP contribution in [-0.2, 0) is 11.2 Å². The number of hydrogen-bond donors (Lipinski definition) is 1. The van der Waals surface area contributed by atoms with Crippen molar-refractivity contribution in [2.24, 2.45) is 0 Å². The van der Waals surface area contributed by atoms with E-state index in [2.05, 4.69) is 5.32 Å². The zero-order valence-electron chi connectivity index (χ0n) is 10.2. The Morgan fingerprint density at radius 3 is 2.56 bits per heavy atom. The maximum absolute atomic E-state index is 11.9. The standard InChI is InChI=1S/C14H17Cl2NO/c15-11-5-7-12(8-6-11)17-14(18)9-10-3-1-2-4-13(10)16/h1-4,11-12H,5-9H2,(H,17,18). The molecule has 1 amide bonds. The monoisotopic (exact) mass is 285 g/mol. The number of amides is 1. The van der Waals surface area contributed by atoms with Gasteiger partial charge in [-0.3, -0.25) is 4.79 Å². The molecule has 18 heavy (non-hydrogen) atoms. The smallest absolute Gasteiger partial charge is 0.224 e. The Kier molecular flexibility index (Phi) is 4.90.